The van der Waals surface area contributed by atoms with E-state index in [4.69, 9.17) is 0 Å². The third-order valence-electron chi connectivity index (χ3n) is 5.27. The van der Waals surface area contributed by atoms with Gasteiger partial charge in [-0.1, -0.05) is 36.4 Å². The van der Waals surface area contributed by atoms with Gasteiger partial charge in [-0.25, -0.2) is 0 Å². The molecule has 2 N–H and O–H groups in total. The van der Waals surface area contributed by atoms with Gasteiger partial charge in [0, 0.05) is 36.7 Å². The van der Waals surface area contributed by atoms with Crippen LogP contribution in [-0.4, -0.2) is 48.6 Å². The smallest absolute Gasteiger partial charge is 0.236 e. The molecular weight excluding hydrogens is 382 g/mol. The molecule has 3 aromatic rings. The van der Waals surface area contributed by atoms with Crippen LogP contribution in [-0.2, 0) is 4.79 Å². The molecule has 2 heterocycles. The zero-order valence-corrected chi connectivity index (χ0v) is 17.0. The Morgan fingerprint density at radius 1 is 0.966 bits per heavy atom. The van der Waals surface area contributed by atoms with Crippen molar-refractivity contribution in [3.05, 3.63) is 82.6 Å². The first-order valence-corrected chi connectivity index (χ1v) is 10.7. The number of amides is 1. The molecule has 1 aromatic heterocycles. The van der Waals surface area contributed by atoms with Crippen molar-refractivity contribution >= 4 is 22.9 Å². The van der Waals surface area contributed by atoms with Crippen LogP contribution in [0.15, 0.2) is 72.1 Å². The van der Waals surface area contributed by atoms with E-state index in [1.54, 1.807) is 23.5 Å². The minimum absolute atomic E-state index is 0.0263. The molecular formula is C23H25N3O2S. The second-order valence-electron chi connectivity index (χ2n) is 7.12. The van der Waals surface area contributed by atoms with Crippen LogP contribution in [0.25, 0.3) is 0 Å². The van der Waals surface area contributed by atoms with E-state index >= 15 is 0 Å². The molecule has 6 heteroatoms. The maximum Gasteiger partial charge on any atom is 0.236 e. The molecule has 1 atom stereocenters. The standard InChI is InChI=1S/C23H25N3O2S/c27-20-10-8-19(9-11-20)25-12-14-26(15-13-25)22(28)17-24-23(21-7-4-16-29-21)18-5-2-1-3-6-18/h1-11,16,23-24,27H,12-15,17H2/t23-/m1/s1. The summed E-state index contributed by atoms with van der Waals surface area (Å²) < 4.78 is 0. The van der Waals surface area contributed by atoms with Crippen molar-refractivity contribution in [1.29, 1.82) is 0 Å². The van der Waals surface area contributed by atoms with Crippen LogP contribution in [0, 0.1) is 0 Å². The van der Waals surface area contributed by atoms with Crippen molar-refractivity contribution in [2.24, 2.45) is 0 Å². The lowest BCUT2D eigenvalue weighted by atomic mass is 10.1. The largest absolute Gasteiger partial charge is 0.508 e. The molecule has 1 saturated heterocycles. The van der Waals surface area contributed by atoms with Gasteiger partial charge < -0.3 is 14.9 Å². The van der Waals surface area contributed by atoms with Crippen LogP contribution in [0.2, 0.25) is 0 Å². The van der Waals surface area contributed by atoms with Crippen LogP contribution in [0.4, 0.5) is 5.69 Å². The van der Waals surface area contributed by atoms with E-state index in [9.17, 15) is 9.90 Å². The molecule has 0 saturated carbocycles. The number of carbonyl (C=O) groups excluding carboxylic acids is 1. The first kappa shape index (κ1) is 19.5. The molecule has 5 nitrogen and oxygen atoms in total. The molecule has 1 aliphatic rings. The zero-order valence-electron chi connectivity index (χ0n) is 16.2. The Morgan fingerprint density at radius 2 is 1.69 bits per heavy atom. The van der Waals surface area contributed by atoms with Gasteiger partial charge in [-0.15, -0.1) is 11.3 Å². The molecule has 0 bridgehead atoms. The number of benzene rings is 2. The molecule has 0 radical (unpaired) electrons. The van der Waals surface area contributed by atoms with Gasteiger partial charge in [-0.05, 0) is 41.3 Å². The number of rotatable bonds is 6. The van der Waals surface area contributed by atoms with Crippen molar-refractivity contribution in [3.8, 4) is 5.75 Å². The zero-order chi connectivity index (χ0) is 20.1. The van der Waals surface area contributed by atoms with E-state index in [2.05, 4.69) is 33.8 Å². The maximum absolute atomic E-state index is 12.8. The number of thiophene rings is 1. The highest BCUT2D eigenvalue weighted by Crippen LogP contribution is 2.26. The Hall–Kier alpha value is -2.83. The van der Waals surface area contributed by atoms with E-state index in [-0.39, 0.29) is 17.7 Å². The molecule has 2 aromatic carbocycles. The third kappa shape index (κ3) is 4.78. The van der Waals surface area contributed by atoms with Crippen molar-refractivity contribution in [1.82, 2.24) is 10.2 Å². The Labute approximate surface area is 175 Å². The SMILES string of the molecule is O=C(CN[C@H](c1ccccc1)c1cccs1)N1CCN(c2ccc(O)cc2)CC1. The minimum Gasteiger partial charge on any atom is -0.508 e. The molecule has 1 amide bonds. The first-order chi connectivity index (χ1) is 14.2. The lowest BCUT2D eigenvalue weighted by Gasteiger charge is -2.36. The predicted molar refractivity (Wildman–Crippen MR) is 118 cm³/mol. The van der Waals surface area contributed by atoms with E-state index in [0.717, 1.165) is 18.8 Å². The van der Waals surface area contributed by atoms with Crippen LogP contribution < -0.4 is 10.2 Å². The average Bonchev–Trinajstić information content (AvgIpc) is 3.30. The Balaban J connectivity index is 1.34. The molecule has 1 aliphatic heterocycles. The van der Waals surface area contributed by atoms with Gasteiger partial charge in [0.1, 0.15) is 5.75 Å². The van der Waals surface area contributed by atoms with Gasteiger partial charge >= 0.3 is 0 Å². The molecule has 4 rings (SSSR count). The normalized spacial score (nSPS) is 15.3. The number of hydrogen-bond donors (Lipinski definition) is 2. The number of nitrogens with one attached hydrogen (secondary N) is 1. The van der Waals surface area contributed by atoms with Gasteiger partial charge in [0.25, 0.3) is 0 Å². The summed E-state index contributed by atoms with van der Waals surface area (Å²) in [5.41, 5.74) is 2.25. The minimum atomic E-state index is 0.0263. The Morgan fingerprint density at radius 3 is 2.34 bits per heavy atom. The first-order valence-electron chi connectivity index (χ1n) is 9.84. The molecule has 1 fully saturated rings. The summed E-state index contributed by atoms with van der Waals surface area (Å²) >= 11 is 1.70. The van der Waals surface area contributed by atoms with E-state index in [0.29, 0.717) is 19.6 Å². The number of aromatic hydroxyl groups is 1. The summed E-state index contributed by atoms with van der Waals surface area (Å²) in [7, 11) is 0. The highest BCUT2D eigenvalue weighted by molar-refractivity contribution is 7.10. The van der Waals surface area contributed by atoms with Crippen molar-refractivity contribution in [3.63, 3.8) is 0 Å². The molecule has 0 spiro atoms. The molecule has 0 unspecified atom stereocenters. The fourth-order valence-electron chi connectivity index (χ4n) is 3.66. The Kier molecular flexibility index (Phi) is 6.12. The van der Waals surface area contributed by atoms with Crippen LogP contribution >= 0.6 is 11.3 Å². The van der Waals surface area contributed by atoms with E-state index in [1.165, 1.54) is 10.4 Å². The van der Waals surface area contributed by atoms with Crippen LogP contribution in [0.5, 0.6) is 5.75 Å². The van der Waals surface area contributed by atoms with Crippen molar-refractivity contribution < 1.29 is 9.90 Å². The summed E-state index contributed by atoms with van der Waals surface area (Å²) in [4.78, 5) is 18.2. The number of phenols is 1. The lowest BCUT2D eigenvalue weighted by Crippen LogP contribution is -2.51. The summed E-state index contributed by atoms with van der Waals surface area (Å²) in [5, 5.41) is 15.0. The number of piperazine rings is 1. The lowest BCUT2D eigenvalue weighted by molar-refractivity contribution is -0.130. The van der Waals surface area contributed by atoms with E-state index in [1.807, 2.05) is 41.3 Å². The van der Waals surface area contributed by atoms with Crippen molar-refractivity contribution in [2.75, 3.05) is 37.6 Å². The van der Waals surface area contributed by atoms with Gasteiger partial charge in [0.15, 0.2) is 0 Å². The quantitative estimate of drug-likeness (QED) is 0.657. The maximum atomic E-state index is 12.8. The van der Waals surface area contributed by atoms with Crippen LogP contribution in [0.1, 0.15) is 16.5 Å². The summed E-state index contributed by atoms with van der Waals surface area (Å²) in [6.45, 7) is 3.32. The van der Waals surface area contributed by atoms with Gasteiger partial charge in [0.05, 0.1) is 12.6 Å². The predicted octanol–water partition coefficient (Wildman–Crippen LogP) is 3.48. The third-order valence-corrected chi connectivity index (χ3v) is 6.20. The highest BCUT2D eigenvalue weighted by Gasteiger charge is 2.23. The number of anilines is 1. The number of phenolic OH excluding ortho intramolecular Hbond substituents is 1. The highest BCUT2D eigenvalue weighted by atomic mass is 32.1. The fourth-order valence-corrected chi connectivity index (χ4v) is 4.49. The summed E-state index contributed by atoms with van der Waals surface area (Å²) in [6, 6.07) is 21.7. The fraction of sp³-hybridized carbons (Fsp3) is 0.261. The van der Waals surface area contributed by atoms with Gasteiger partial charge in [-0.3, -0.25) is 10.1 Å². The molecule has 150 valence electrons. The van der Waals surface area contributed by atoms with E-state index < -0.39 is 0 Å². The number of nitrogens with zero attached hydrogens (tertiary/aromatic N) is 2. The second-order valence-corrected chi connectivity index (χ2v) is 8.10. The second kappa shape index (κ2) is 9.11. The Bertz CT molecular complexity index is 905. The van der Waals surface area contributed by atoms with Gasteiger partial charge in [-0.2, -0.15) is 0 Å². The molecule has 29 heavy (non-hydrogen) atoms. The average molecular weight is 408 g/mol. The summed E-state index contributed by atoms with van der Waals surface area (Å²) in [6.07, 6.45) is 0. The van der Waals surface area contributed by atoms with Gasteiger partial charge in [0.2, 0.25) is 5.91 Å². The monoisotopic (exact) mass is 407 g/mol. The molecule has 0 aliphatic carbocycles. The number of hydrogen-bond acceptors (Lipinski definition) is 5. The number of carbonyl (C=O) groups is 1. The van der Waals surface area contributed by atoms with Crippen molar-refractivity contribution in [2.45, 2.75) is 6.04 Å². The summed E-state index contributed by atoms with van der Waals surface area (Å²) in [5.74, 6) is 0.403. The van der Waals surface area contributed by atoms with Crippen LogP contribution in [0.3, 0.4) is 0 Å². The topological polar surface area (TPSA) is 55.8 Å².